The first-order valence-electron chi connectivity index (χ1n) is 40.1. The lowest BCUT2D eigenvalue weighted by atomic mass is 10.1. The zero-order valence-electron chi connectivity index (χ0n) is 64.3. The SMILES string of the molecule is CC/C=C\C/C=C\C/C=C\C/C=C\C/C=C\CCCCCC(=O)OCC(COP(=O)(O)OCC(O)COP(=O)(O)OCC(COC(=O)CCCCCCCC/C=C\C/C=C\C/C=C\CCCCC)OC(=O)CCCCCCC/C=C\CCCCCC)OC(=O)CCCCCCCCCCCCC. The number of ether oxygens (including phenoxy) is 4. The fourth-order valence-electron chi connectivity index (χ4n) is 10.6. The number of hydrogen-bond acceptors (Lipinski definition) is 15. The van der Waals surface area contributed by atoms with Crippen molar-refractivity contribution in [1.82, 2.24) is 0 Å². The molecule has 3 N–H and O–H groups in total. The van der Waals surface area contributed by atoms with Crippen LogP contribution in [0.2, 0.25) is 0 Å². The Balaban J connectivity index is 5.33. The maximum atomic E-state index is 13.1. The van der Waals surface area contributed by atoms with Gasteiger partial charge in [-0.25, -0.2) is 9.13 Å². The van der Waals surface area contributed by atoms with E-state index in [9.17, 15) is 43.2 Å². The molecule has 0 radical (unpaired) electrons. The van der Waals surface area contributed by atoms with Gasteiger partial charge in [-0.15, -0.1) is 0 Å². The molecular formula is C83H144O17P2. The quantitative estimate of drug-likeness (QED) is 0.0169. The number of carbonyl (C=O) groups is 4. The molecule has 0 bridgehead atoms. The van der Waals surface area contributed by atoms with Crippen molar-refractivity contribution in [2.24, 2.45) is 0 Å². The van der Waals surface area contributed by atoms with Crippen LogP contribution in [-0.2, 0) is 65.4 Å². The van der Waals surface area contributed by atoms with Crippen LogP contribution in [0.25, 0.3) is 0 Å². The van der Waals surface area contributed by atoms with Gasteiger partial charge in [0.05, 0.1) is 26.4 Å². The van der Waals surface area contributed by atoms with E-state index in [4.69, 9.17) is 37.0 Å². The first kappa shape index (κ1) is 97.7. The number of aliphatic hydroxyl groups is 1. The zero-order chi connectivity index (χ0) is 74.6. The Kier molecular flexibility index (Phi) is 71.8. The fraction of sp³-hybridized carbons (Fsp3) is 0.735. The highest BCUT2D eigenvalue weighted by molar-refractivity contribution is 7.47. The molecule has 0 aliphatic heterocycles. The van der Waals surface area contributed by atoms with E-state index in [1.807, 2.05) is 0 Å². The summed E-state index contributed by atoms with van der Waals surface area (Å²) in [7, 11) is -9.96. The predicted octanol–water partition coefficient (Wildman–Crippen LogP) is 23.3. The van der Waals surface area contributed by atoms with E-state index in [0.717, 1.165) is 173 Å². The summed E-state index contributed by atoms with van der Waals surface area (Å²) in [6.45, 7) is 4.68. The van der Waals surface area contributed by atoms with Crippen molar-refractivity contribution in [3.63, 3.8) is 0 Å². The minimum atomic E-state index is -4.98. The third-order valence-electron chi connectivity index (χ3n) is 16.7. The predicted molar refractivity (Wildman–Crippen MR) is 418 cm³/mol. The Morgan fingerprint density at radius 3 is 0.833 bits per heavy atom. The van der Waals surface area contributed by atoms with E-state index in [-0.39, 0.29) is 25.7 Å². The van der Waals surface area contributed by atoms with Crippen LogP contribution in [0, 0.1) is 0 Å². The van der Waals surface area contributed by atoms with Gasteiger partial charge in [0.2, 0.25) is 0 Å². The van der Waals surface area contributed by atoms with Crippen molar-refractivity contribution < 1.29 is 80.2 Å². The number of esters is 4. The molecule has 0 rings (SSSR count). The van der Waals surface area contributed by atoms with Gasteiger partial charge in [-0.2, -0.15) is 0 Å². The van der Waals surface area contributed by atoms with E-state index in [0.29, 0.717) is 25.7 Å². The molecule has 0 aliphatic carbocycles. The molecule has 0 saturated heterocycles. The molecule has 588 valence electrons. The highest BCUT2D eigenvalue weighted by atomic mass is 31.2. The maximum Gasteiger partial charge on any atom is 0.472 e. The number of unbranched alkanes of at least 4 members (excludes halogenated alkanes) is 31. The van der Waals surface area contributed by atoms with E-state index in [1.54, 1.807) is 0 Å². The summed E-state index contributed by atoms with van der Waals surface area (Å²) in [5.74, 6) is -2.22. The van der Waals surface area contributed by atoms with Gasteiger partial charge < -0.3 is 33.8 Å². The molecule has 102 heavy (non-hydrogen) atoms. The summed E-state index contributed by atoms with van der Waals surface area (Å²) in [4.78, 5) is 72.9. The molecule has 0 aromatic carbocycles. The molecule has 19 heteroatoms. The number of hydrogen-bond donors (Lipinski definition) is 3. The van der Waals surface area contributed by atoms with E-state index in [1.165, 1.54) is 83.5 Å². The van der Waals surface area contributed by atoms with Gasteiger partial charge in [-0.3, -0.25) is 37.3 Å². The van der Waals surface area contributed by atoms with Crippen LogP contribution in [0.5, 0.6) is 0 Å². The van der Waals surface area contributed by atoms with E-state index >= 15 is 0 Å². The van der Waals surface area contributed by atoms with Crippen LogP contribution in [0.3, 0.4) is 0 Å². The van der Waals surface area contributed by atoms with Crippen molar-refractivity contribution in [3.8, 4) is 0 Å². The van der Waals surface area contributed by atoms with Crippen molar-refractivity contribution >= 4 is 39.5 Å². The van der Waals surface area contributed by atoms with Gasteiger partial charge >= 0.3 is 39.5 Å². The average molecular weight is 1480 g/mol. The number of phosphoric acid groups is 2. The van der Waals surface area contributed by atoms with Crippen molar-refractivity contribution in [1.29, 1.82) is 0 Å². The molecule has 0 heterocycles. The minimum Gasteiger partial charge on any atom is -0.462 e. The molecule has 0 spiro atoms. The molecule has 0 aromatic heterocycles. The van der Waals surface area contributed by atoms with Gasteiger partial charge in [0.25, 0.3) is 0 Å². The van der Waals surface area contributed by atoms with Crippen molar-refractivity contribution in [3.05, 3.63) is 109 Å². The Bertz CT molecular complexity index is 2360. The van der Waals surface area contributed by atoms with E-state index < -0.39 is 97.5 Å². The first-order chi connectivity index (χ1) is 49.7. The summed E-state index contributed by atoms with van der Waals surface area (Å²) in [6, 6.07) is 0. The Morgan fingerprint density at radius 1 is 0.284 bits per heavy atom. The molecule has 5 atom stereocenters. The number of allylic oxidation sites excluding steroid dienone is 18. The average Bonchev–Trinajstić information content (AvgIpc) is 0.928. The summed E-state index contributed by atoms with van der Waals surface area (Å²) < 4.78 is 68.5. The van der Waals surface area contributed by atoms with Crippen LogP contribution >= 0.6 is 15.6 Å². The lowest BCUT2D eigenvalue weighted by molar-refractivity contribution is -0.161. The number of rotatable bonds is 75. The Labute approximate surface area is 619 Å². The zero-order valence-corrected chi connectivity index (χ0v) is 66.0. The molecule has 5 unspecified atom stereocenters. The highest BCUT2D eigenvalue weighted by Gasteiger charge is 2.30. The molecule has 17 nitrogen and oxygen atoms in total. The standard InChI is InChI=1S/C83H144O17P2/c1-5-9-13-17-21-25-29-32-34-36-38-40-42-45-48-51-55-59-63-67-80(85)93-73-78(99-82(87)69-65-61-57-53-47-28-24-20-16-12-8-4)75-97-101(89,90)95-71-77(84)72-96-102(91,92)98-76-79(100-83(88)70-66-62-58-54-50-44-31-27-23-19-15-11-7-3)74-94-81(86)68-64-60-56-52-49-46-43-41-39-37-35-33-30-26-22-18-14-10-6-2/h9,13,21-22,25-27,31-35,38-41,45,48,77-79,84H,5-8,10-12,14-20,23-24,28-30,36-37,42-44,46-47,49-76H2,1-4H3,(H,89,90)(H,91,92)/b13-9-,25-21-,26-22-,31-27-,34-32-,35-33-,40-38-,41-39-,48-45-. The second kappa shape index (κ2) is 75.0. The van der Waals surface area contributed by atoms with Crippen LogP contribution in [0.1, 0.15) is 336 Å². The second-order valence-electron chi connectivity index (χ2n) is 26.6. The van der Waals surface area contributed by atoms with Crippen LogP contribution in [0.15, 0.2) is 109 Å². The molecule has 0 amide bonds. The number of carbonyl (C=O) groups excluding carboxylic acids is 4. The minimum absolute atomic E-state index is 0.0814. The molecule has 0 aromatic rings. The number of aliphatic hydroxyl groups excluding tert-OH is 1. The third kappa shape index (κ3) is 74.0. The van der Waals surface area contributed by atoms with Crippen molar-refractivity contribution in [2.45, 2.75) is 354 Å². The smallest absolute Gasteiger partial charge is 0.462 e. The Hall–Kier alpha value is -4.28. The van der Waals surface area contributed by atoms with Gasteiger partial charge in [-0.05, 0) is 135 Å². The van der Waals surface area contributed by atoms with Crippen LogP contribution in [0.4, 0.5) is 0 Å². The summed E-state index contributed by atoms with van der Waals surface area (Å²) in [6.07, 6.45) is 80.7. The Morgan fingerprint density at radius 2 is 0.510 bits per heavy atom. The molecule has 0 aliphatic rings. The first-order valence-corrected chi connectivity index (χ1v) is 43.1. The summed E-state index contributed by atoms with van der Waals surface area (Å²) in [5, 5.41) is 10.6. The monoisotopic (exact) mass is 1470 g/mol. The largest absolute Gasteiger partial charge is 0.472 e. The fourth-order valence-corrected chi connectivity index (χ4v) is 12.2. The van der Waals surface area contributed by atoms with Gasteiger partial charge in [0, 0.05) is 25.7 Å². The van der Waals surface area contributed by atoms with Crippen molar-refractivity contribution in [2.75, 3.05) is 39.6 Å². The molecule has 0 saturated carbocycles. The number of phosphoric ester groups is 2. The summed E-state index contributed by atoms with van der Waals surface area (Å²) in [5.41, 5.74) is 0. The maximum absolute atomic E-state index is 13.1. The summed E-state index contributed by atoms with van der Waals surface area (Å²) >= 11 is 0. The molecular weight excluding hydrogens is 1330 g/mol. The van der Waals surface area contributed by atoms with Gasteiger partial charge in [0.15, 0.2) is 12.2 Å². The lowest BCUT2D eigenvalue weighted by Crippen LogP contribution is -2.30. The van der Waals surface area contributed by atoms with E-state index in [2.05, 4.69) is 137 Å². The van der Waals surface area contributed by atoms with Crippen LogP contribution in [-0.4, -0.2) is 96.7 Å². The van der Waals surface area contributed by atoms with Crippen LogP contribution < -0.4 is 0 Å². The second-order valence-corrected chi connectivity index (χ2v) is 29.5. The topological polar surface area (TPSA) is 237 Å². The third-order valence-corrected chi connectivity index (χ3v) is 18.6. The highest BCUT2D eigenvalue weighted by Crippen LogP contribution is 2.45. The van der Waals surface area contributed by atoms with Gasteiger partial charge in [-0.1, -0.05) is 285 Å². The van der Waals surface area contributed by atoms with Gasteiger partial charge in [0.1, 0.15) is 19.3 Å². The normalized spacial score (nSPS) is 14.5. The lowest BCUT2D eigenvalue weighted by Gasteiger charge is -2.21. The molecule has 0 fully saturated rings.